The molecule has 0 atom stereocenters. The van der Waals surface area contributed by atoms with Gasteiger partial charge >= 0.3 is 11.9 Å². The molecule has 1 aromatic heterocycles. The maximum absolute atomic E-state index is 14.8. The van der Waals surface area contributed by atoms with Crippen LogP contribution in [0.4, 0.5) is 4.39 Å². The first-order valence-electron chi connectivity index (χ1n) is 7.89. The van der Waals surface area contributed by atoms with Gasteiger partial charge in [0.05, 0.1) is 24.9 Å². The summed E-state index contributed by atoms with van der Waals surface area (Å²) in [6.07, 6.45) is 0. The Morgan fingerprint density at radius 1 is 1.07 bits per heavy atom. The molecule has 0 aliphatic carbocycles. The number of methoxy groups -OCH3 is 2. The van der Waals surface area contributed by atoms with E-state index in [0.717, 1.165) is 7.11 Å². The second-order valence-electron chi connectivity index (χ2n) is 5.53. The Labute approximate surface area is 172 Å². The van der Waals surface area contributed by atoms with E-state index in [-0.39, 0.29) is 27.5 Å². The molecular formula is C19H13BrClFN2O4. The van der Waals surface area contributed by atoms with E-state index < -0.39 is 17.8 Å². The van der Waals surface area contributed by atoms with Crippen LogP contribution in [0, 0.1) is 5.82 Å². The van der Waals surface area contributed by atoms with Crippen LogP contribution in [0.25, 0.3) is 16.9 Å². The molecule has 0 aliphatic heterocycles. The van der Waals surface area contributed by atoms with Gasteiger partial charge in [0.25, 0.3) is 0 Å². The average Bonchev–Trinajstić information content (AvgIpc) is 3.12. The van der Waals surface area contributed by atoms with Gasteiger partial charge in [-0.15, -0.1) is 0 Å². The standard InChI is InChI=1S/C19H13BrClFN2O4/c1-27-18(25)13-16(11-8-9-12(20)14(21)15(11)22)23-24(17(13)19(26)28-2)10-6-4-3-5-7-10/h3-9H,1-2H3. The summed E-state index contributed by atoms with van der Waals surface area (Å²) in [5, 5.41) is 4.14. The first kappa shape index (κ1) is 20.0. The molecule has 0 fully saturated rings. The molecule has 0 N–H and O–H groups in total. The molecule has 0 saturated heterocycles. The number of para-hydroxylation sites is 1. The molecule has 3 rings (SSSR count). The minimum Gasteiger partial charge on any atom is -0.465 e. The van der Waals surface area contributed by atoms with Gasteiger partial charge in [-0.3, -0.25) is 0 Å². The van der Waals surface area contributed by atoms with Crippen LogP contribution >= 0.6 is 27.5 Å². The third-order valence-corrected chi connectivity index (χ3v) is 5.20. The van der Waals surface area contributed by atoms with Gasteiger partial charge in [-0.25, -0.2) is 18.7 Å². The number of carbonyl (C=O) groups excluding carboxylic acids is 2. The first-order chi connectivity index (χ1) is 13.4. The van der Waals surface area contributed by atoms with Crippen molar-refractivity contribution in [2.45, 2.75) is 0 Å². The Morgan fingerprint density at radius 2 is 1.71 bits per heavy atom. The summed E-state index contributed by atoms with van der Waals surface area (Å²) < 4.78 is 26.0. The summed E-state index contributed by atoms with van der Waals surface area (Å²) in [6.45, 7) is 0. The van der Waals surface area contributed by atoms with Gasteiger partial charge in [0.1, 0.15) is 11.3 Å². The van der Waals surface area contributed by atoms with Gasteiger partial charge in [-0.1, -0.05) is 29.8 Å². The van der Waals surface area contributed by atoms with E-state index in [9.17, 15) is 14.0 Å². The molecule has 0 bridgehead atoms. The number of benzene rings is 2. The van der Waals surface area contributed by atoms with Crippen LogP contribution in [0.15, 0.2) is 46.9 Å². The van der Waals surface area contributed by atoms with Crippen molar-refractivity contribution in [3.05, 3.63) is 69.0 Å². The zero-order valence-corrected chi connectivity index (χ0v) is 17.0. The smallest absolute Gasteiger partial charge is 0.357 e. The maximum atomic E-state index is 14.8. The van der Waals surface area contributed by atoms with Crippen molar-refractivity contribution < 1.29 is 23.5 Å². The Hall–Kier alpha value is -2.71. The molecule has 0 amide bonds. The summed E-state index contributed by atoms with van der Waals surface area (Å²) in [4.78, 5) is 25.0. The zero-order valence-electron chi connectivity index (χ0n) is 14.7. The lowest BCUT2D eigenvalue weighted by molar-refractivity contribution is 0.0549. The molecule has 144 valence electrons. The lowest BCUT2D eigenvalue weighted by Gasteiger charge is -2.07. The number of ether oxygens (including phenoxy) is 2. The molecule has 0 radical (unpaired) electrons. The first-order valence-corrected chi connectivity index (χ1v) is 9.06. The van der Waals surface area contributed by atoms with E-state index in [0.29, 0.717) is 10.2 Å². The Kier molecular flexibility index (Phi) is 5.81. The largest absolute Gasteiger partial charge is 0.465 e. The van der Waals surface area contributed by atoms with Crippen LogP contribution in [0.1, 0.15) is 20.8 Å². The van der Waals surface area contributed by atoms with Gasteiger partial charge in [-0.2, -0.15) is 5.10 Å². The van der Waals surface area contributed by atoms with Gasteiger partial charge in [0.15, 0.2) is 11.5 Å². The van der Waals surface area contributed by atoms with Crippen LogP contribution < -0.4 is 0 Å². The predicted molar refractivity (Wildman–Crippen MR) is 104 cm³/mol. The summed E-state index contributed by atoms with van der Waals surface area (Å²) in [5.41, 5.74) is -0.0937. The molecule has 6 nitrogen and oxygen atoms in total. The highest BCUT2D eigenvalue weighted by atomic mass is 79.9. The molecule has 0 unspecified atom stereocenters. The van der Waals surface area contributed by atoms with E-state index in [1.165, 1.54) is 23.9 Å². The highest BCUT2D eigenvalue weighted by Gasteiger charge is 2.32. The SMILES string of the molecule is COC(=O)c1c(-c2ccc(Br)c(Cl)c2F)nn(-c2ccccc2)c1C(=O)OC. The molecule has 0 saturated carbocycles. The maximum Gasteiger partial charge on any atom is 0.357 e. The highest BCUT2D eigenvalue weighted by Crippen LogP contribution is 2.36. The minimum atomic E-state index is -0.865. The molecule has 1 heterocycles. The van der Waals surface area contributed by atoms with Crippen molar-refractivity contribution in [2.24, 2.45) is 0 Å². The molecule has 0 aliphatic rings. The number of halogens is 3. The van der Waals surface area contributed by atoms with Crippen molar-refractivity contribution in [1.82, 2.24) is 9.78 Å². The molecule has 3 aromatic rings. The van der Waals surface area contributed by atoms with Crippen LogP contribution in [0.5, 0.6) is 0 Å². The summed E-state index contributed by atoms with van der Waals surface area (Å²) in [5.74, 6) is -2.49. The van der Waals surface area contributed by atoms with E-state index in [2.05, 4.69) is 21.0 Å². The molecular weight excluding hydrogens is 455 g/mol. The number of aromatic nitrogens is 2. The number of esters is 2. The normalized spacial score (nSPS) is 10.6. The second kappa shape index (κ2) is 8.12. The van der Waals surface area contributed by atoms with Gasteiger partial charge in [-0.05, 0) is 40.2 Å². The van der Waals surface area contributed by atoms with Crippen molar-refractivity contribution in [2.75, 3.05) is 14.2 Å². The van der Waals surface area contributed by atoms with Crippen molar-refractivity contribution in [3.63, 3.8) is 0 Å². The summed E-state index contributed by atoms with van der Waals surface area (Å²) in [7, 11) is 2.32. The lowest BCUT2D eigenvalue weighted by Crippen LogP contribution is -2.15. The van der Waals surface area contributed by atoms with Gasteiger partial charge in [0.2, 0.25) is 0 Å². The zero-order chi connectivity index (χ0) is 20.4. The van der Waals surface area contributed by atoms with Gasteiger partial charge in [0, 0.05) is 10.0 Å². The molecule has 28 heavy (non-hydrogen) atoms. The van der Waals surface area contributed by atoms with Crippen LogP contribution in [0.2, 0.25) is 5.02 Å². The number of hydrogen-bond donors (Lipinski definition) is 0. The fourth-order valence-electron chi connectivity index (χ4n) is 2.65. The fraction of sp³-hybridized carbons (Fsp3) is 0.105. The van der Waals surface area contributed by atoms with Crippen molar-refractivity contribution >= 4 is 39.5 Å². The van der Waals surface area contributed by atoms with Crippen molar-refractivity contribution in [3.8, 4) is 16.9 Å². The number of carbonyl (C=O) groups is 2. The molecule has 2 aromatic carbocycles. The van der Waals surface area contributed by atoms with Crippen LogP contribution in [-0.4, -0.2) is 35.9 Å². The number of rotatable bonds is 4. The number of hydrogen-bond acceptors (Lipinski definition) is 5. The quantitative estimate of drug-likeness (QED) is 0.412. The summed E-state index contributed by atoms with van der Waals surface area (Å²) >= 11 is 9.13. The Morgan fingerprint density at radius 3 is 2.32 bits per heavy atom. The minimum absolute atomic E-state index is 0.0616. The predicted octanol–water partition coefficient (Wildman–Crippen LogP) is 4.67. The third kappa shape index (κ3) is 3.41. The molecule has 0 spiro atoms. The number of nitrogens with zero attached hydrogens (tertiary/aromatic N) is 2. The summed E-state index contributed by atoms with van der Waals surface area (Å²) in [6, 6.07) is 11.5. The molecule has 9 heteroatoms. The Bertz CT molecular complexity index is 1070. The topological polar surface area (TPSA) is 70.4 Å². The van der Waals surface area contributed by atoms with E-state index in [1.807, 2.05) is 0 Å². The van der Waals surface area contributed by atoms with Crippen LogP contribution in [-0.2, 0) is 9.47 Å². The van der Waals surface area contributed by atoms with E-state index in [4.69, 9.17) is 21.1 Å². The third-order valence-electron chi connectivity index (χ3n) is 3.94. The van der Waals surface area contributed by atoms with Crippen molar-refractivity contribution in [1.29, 1.82) is 0 Å². The fourth-order valence-corrected chi connectivity index (χ4v) is 3.12. The average molecular weight is 468 g/mol. The monoisotopic (exact) mass is 466 g/mol. The lowest BCUT2D eigenvalue weighted by atomic mass is 10.0. The van der Waals surface area contributed by atoms with E-state index in [1.54, 1.807) is 30.3 Å². The van der Waals surface area contributed by atoms with Crippen LogP contribution in [0.3, 0.4) is 0 Å². The van der Waals surface area contributed by atoms with Gasteiger partial charge < -0.3 is 9.47 Å². The van der Waals surface area contributed by atoms with E-state index >= 15 is 0 Å². The second-order valence-corrected chi connectivity index (χ2v) is 6.76. The highest BCUT2D eigenvalue weighted by molar-refractivity contribution is 9.10. The Balaban J connectivity index is 2.41.